The Morgan fingerprint density at radius 2 is 1.47 bits per heavy atom. The quantitative estimate of drug-likeness (QED) is 0.733. The summed E-state index contributed by atoms with van der Waals surface area (Å²) in [6.07, 6.45) is 3.99. The van der Waals surface area contributed by atoms with Gasteiger partial charge in [0.1, 0.15) is 0 Å². The van der Waals surface area contributed by atoms with Crippen LogP contribution in [0.1, 0.15) is 48.5 Å². The minimum atomic E-state index is 0.0176. The normalized spacial score (nSPS) is 15.4. The molecule has 2 heteroatoms. The highest BCUT2D eigenvalue weighted by molar-refractivity contribution is 5.14. The van der Waals surface area contributed by atoms with Gasteiger partial charge in [0.25, 0.3) is 0 Å². The molecule has 0 amide bonds. The molecular formula is C13H26N2. The summed E-state index contributed by atoms with van der Waals surface area (Å²) >= 11 is 0. The molecule has 0 aromatic rings. The molecule has 0 atom stereocenters. The first kappa shape index (κ1) is 14.1. The van der Waals surface area contributed by atoms with Crippen LogP contribution >= 0.6 is 0 Å². The standard InChI is InChI=1S/C13H26N2/c1-8-11(13(5,6)7)15-9-10(14)12(2,3)4/h8-9,15H,14H2,1-7H3/b10-9-,11-8-. The molecule has 0 aromatic heterocycles. The van der Waals surface area contributed by atoms with E-state index < -0.39 is 0 Å². The second kappa shape index (κ2) is 4.73. The van der Waals surface area contributed by atoms with Gasteiger partial charge in [-0.3, -0.25) is 0 Å². The summed E-state index contributed by atoms with van der Waals surface area (Å²) in [4.78, 5) is 0. The molecule has 0 aliphatic rings. The Balaban J connectivity index is 4.64. The van der Waals surface area contributed by atoms with Crippen molar-refractivity contribution < 1.29 is 0 Å². The van der Waals surface area contributed by atoms with Crippen molar-refractivity contribution in [2.24, 2.45) is 16.6 Å². The Labute approximate surface area is 94.6 Å². The molecule has 3 N–H and O–H groups in total. The Kier molecular flexibility index (Phi) is 4.44. The molecule has 0 aromatic carbocycles. The van der Waals surface area contributed by atoms with Crippen molar-refractivity contribution >= 4 is 0 Å². The lowest BCUT2D eigenvalue weighted by atomic mass is 9.90. The Bertz CT molecular complexity index is 259. The second-order valence-corrected chi connectivity index (χ2v) is 5.95. The van der Waals surface area contributed by atoms with Crippen LogP contribution < -0.4 is 11.1 Å². The van der Waals surface area contributed by atoms with E-state index in [0.29, 0.717) is 0 Å². The third kappa shape index (κ3) is 4.91. The van der Waals surface area contributed by atoms with Gasteiger partial charge >= 0.3 is 0 Å². The van der Waals surface area contributed by atoms with Gasteiger partial charge in [0.2, 0.25) is 0 Å². The van der Waals surface area contributed by atoms with Crippen LogP contribution in [0.5, 0.6) is 0 Å². The molecule has 0 rings (SSSR count). The molecule has 2 nitrogen and oxygen atoms in total. The number of rotatable bonds is 2. The monoisotopic (exact) mass is 210 g/mol. The van der Waals surface area contributed by atoms with Gasteiger partial charge in [-0.05, 0) is 6.92 Å². The zero-order valence-corrected chi connectivity index (χ0v) is 11.2. The van der Waals surface area contributed by atoms with Crippen LogP contribution in [0.25, 0.3) is 0 Å². The van der Waals surface area contributed by atoms with Crippen molar-refractivity contribution in [3.8, 4) is 0 Å². The van der Waals surface area contributed by atoms with Crippen molar-refractivity contribution in [1.82, 2.24) is 5.32 Å². The van der Waals surface area contributed by atoms with Crippen molar-refractivity contribution in [3.05, 3.63) is 23.7 Å². The fourth-order valence-corrected chi connectivity index (χ4v) is 1.10. The average Bonchev–Trinajstić information content (AvgIpc) is 2.00. The van der Waals surface area contributed by atoms with E-state index in [9.17, 15) is 0 Å². The van der Waals surface area contributed by atoms with Crippen LogP contribution in [0.4, 0.5) is 0 Å². The highest BCUT2D eigenvalue weighted by Crippen LogP contribution is 2.24. The highest BCUT2D eigenvalue weighted by Gasteiger charge is 2.17. The topological polar surface area (TPSA) is 38.0 Å². The Morgan fingerprint density at radius 1 is 1.00 bits per heavy atom. The first-order valence-electron chi connectivity index (χ1n) is 5.48. The highest BCUT2D eigenvalue weighted by atomic mass is 14.9. The van der Waals surface area contributed by atoms with Crippen LogP contribution in [0.15, 0.2) is 23.7 Å². The van der Waals surface area contributed by atoms with E-state index in [0.717, 1.165) is 5.70 Å². The summed E-state index contributed by atoms with van der Waals surface area (Å²) < 4.78 is 0. The molecule has 0 heterocycles. The summed E-state index contributed by atoms with van der Waals surface area (Å²) in [5.41, 5.74) is 8.17. The van der Waals surface area contributed by atoms with Gasteiger partial charge < -0.3 is 11.1 Å². The van der Waals surface area contributed by atoms with Gasteiger partial charge in [-0.15, -0.1) is 0 Å². The summed E-state index contributed by atoms with van der Waals surface area (Å²) in [7, 11) is 0. The number of allylic oxidation sites excluding steroid dienone is 3. The van der Waals surface area contributed by atoms with Crippen LogP contribution in [-0.2, 0) is 0 Å². The van der Waals surface area contributed by atoms with Gasteiger partial charge in [0.05, 0.1) is 0 Å². The van der Waals surface area contributed by atoms with Crippen molar-refractivity contribution in [3.63, 3.8) is 0 Å². The first-order valence-corrected chi connectivity index (χ1v) is 5.48. The molecule has 0 aliphatic carbocycles. The van der Waals surface area contributed by atoms with Crippen molar-refractivity contribution in [1.29, 1.82) is 0 Å². The predicted molar refractivity (Wildman–Crippen MR) is 68.1 cm³/mol. The van der Waals surface area contributed by atoms with Crippen LogP contribution in [0.2, 0.25) is 0 Å². The van der Waals surface area contributed by atoms with E-state index in [1.807, 2.05) is 13.1 Å². The number of hydrogen-bond donors (Lipinski definition) is 2. The molecule has 0 saturated heterocycles. The predicted octanol–water partition coefficient (Wildman–Crippen LogP) is 3.37. The Hall–Kier alpha value is -0.920. The molecule has 0 unspecified atom stereocenters. The lowest BCUT2D eigenvalue weighted by Gasteiger charge is -2.25. The zero-order valence-electron chi connectivity index (χ0n) is 11.2. The number of nitrogens with one attached hydrogen (secondary N) is 1. The average molecular weight is 210 g/mol. The molecule has 0 aliphatic heterocycles. The van der Waals surface area contributed by atoms with Gasteiger partial charge in [-0.25, -0.2) is 0 Å². The number of nitrogens with two attached hydrogens (primary N) is 1. The summed E-state index contributed by atoms with van der Waals surface area (Å²) in [6, 6.07) is 0. The second-order valence-electron chi connectivity index (χ2n) is 5.95. The molecular weight excluding hydrogens is 184 g/mol. The van der Waals surface area contributed by atoms with E-state index >= 15 is 0 Å². The van der Waals surface area contributed by atoms with Gasteiger partial charge in [0, 0.05) is 28.4 Å². The van der Waals surface area contributed by atoms with E-state index in [1.54, 1.807) is 0 Å². The third-order valence-corrected chi connectivity index (χ3v) is 2.35. The fourth-order valence-electron chi connectivity index (χ4n) is 1.10. The summed E-state index contributed by atoms with van der Waals surface area (Å²) in [5.74, 6) is 0. The van der Waals surface area contributed by atoms with Crippen LogP contribution in [0.3, 0.4) is 0 Å². The maximum Gasteiger partial charge on any atom is 0.0298 e. The van der Waals surface area contributed by atoms with Crippen molar-refractivity contribution in [2.75, 3.05) is 0 Å². The maximum absolute atomic E-state index is 5.97. The smallest absolute Gasteiger partial charge is 0.0298 e. The molecule has 0 bridgehead atoms. The first-order chi connectivity index (χ1) is 6.59. The zero-order chi connectivity index (χ0) is 12.3. The number of hydrogen-bond acceptors (Lipinski definition) is 2. The summed E-state index contributed by atoms with van der Waals surface area (Å²) in [5, 5.41) is 3.29. The molecule has 0 radical (unpaired) electrons. The van der Waals surface area contributed by atoms with E-state index in [1.165, 1.54) is 5.70 Å². The van der Waals surface area contributed by atoms with Crippen LogP contribution in [0, 0.1) is 10.8 Å². The van der Waals surface area contributed by atoms with Gasteiger partial charge in [-0.2, -0.15) is 0 Å². The largest absolute Gasteiger partial charge is 0.400 e. The van der Waals surface area contributed by atoms with Crippen molar-refractivity contribution in [2.45, 2.75) is 48.5 Å². The Morgan fingerprint density at radius 3 is 1.73 bits per heavy atom. The molecule has 0 saturated carbocycles. The summed E-state index contributed by atoms with van der Waals surface area (Å²) in [6.45, 7) is 14.9. The lowest BCUT2D eigenvalue weighted by molar-refractivity contribution is 0.467. The van der Waals surface area contributed by atoms with Gasteiger partial charge in [-0.1, -0.05) is 47.6 Å². The van der Waals surface area contributed by atoms with E-state index in [-0.39, 0.29) is 10.8 Å². The minimum absolute atomic E-state index is 0.0176. The van der Waals surface area contributed by atoms with E-state index in [4.69, 9.17) is 5.73 Å². The molecule has 0 fully saturated rings. The molecule has 88 valence electrons. The maximum atomic E-state index is 5.97. The fraction of sp³-hybridized carbons (Fsp3) is 0.692. The third-order valence-electron chi connectivity index (χ3n) is 2.35. The van der Waals surface area contributed by atoms with E-state index in [2.05, 4.69) is 52.9 Å². The molecule has 0 spiro atoms. The SMILES string of the molecule is C/C=C(\N/C=C(\N)C(C)(C)C)C(C)(C)C. The van der Waals surface area contributed by atoms with Crippen LogP contribution in [-0.4, -0.2) is 0 Å². The van der Waals surface area contributed by atoms with Gasteiger partial charge in [0.15, 0.2) is 0 Å². The molecule has 15 heavy (non-hydrogen) atoms. The minimum Gasteiger partial charge on any atom is -0.400 e. The lowest BCUT2D eigenvalue weighted by Crippen LogP contribution is -2.24.